The first-order chi connectivity index (χ1) is 14.5. The Balaban J connectivity index is 1.52. The van der Waals surface area contributed by atoms with Crippen LogP contribution in [0, 0.1) is 17.0 Å². The molecule has 0 fully saturated rings. The standard InChI is InChI=1S/C23H23N3O3S/c1-16-20(7-4-8-21(16)26(28)29)23(27)24-13-22(19-10-12-30-15-19)25-11-9-17-5-2-3-6-18(17)14-25/h2-8,10,12,15,22H,9,11,13-14H2,1H3,(H,24,27). The molecule has 1 aromatic heterocycles. The lowest BCUT2D eigenvalue weighted by molar-refractivity contribution is -0.385. The highest BCUT2D eigenvalue weighted by molar-refractivity contribution is 7.08. The van der Waals surface area contributed by atoms with Crippen LogP contribution in [0.25, 0.3) is 0 Å². The van der Waals surface area contributed by atoms with E-state index in [9.17, 15) is 14.9 Å². The number of hydrogen-bond acceptors (Lipinski definition) is 5. The topological polar surface area (TPSA) is 75.5 Å². The second-order valence-electron chi connectivity index (χ2n) is 7.48. The van der Waals surface area contributed by atoms with E-state index in [0.29, 0.717) is 17.7 Å². The van der Waals surface area contributed by atoms with Crippen LogP contribution in [0.2, 0.25) is 0 Å². The van der Waals surface area contributed by atoms with Gasteiger partial charge in [-0.2, -0.15) is 11.3 Å². The first-order valence-corrected chi connectivity index (χ1v) is 10.8. The third-order valence-corrected chi connectivity index (χ3v) is 6.43. The van der Waals surface area contributed by atoms with Crippen LogP contribution in [0.4, 0.5) is 5.69 Å². The molecule has 0 spiro atoms. The van der Waals surface area contributed by atoms with Gasteiger partial charge in [0.25, 0.3) is 11.6 Å². The molecule has 7 heteroatoms. The molecule has 30 heavy (non-hydrogen) atoms. The predicted octanol–water partition coefficient (Wildman–Crippen LogP) is 4.49. The Bertz CT molecular complexity index is 1070. The lowest BCUT2D eigenvalue weighted by Crippen LogP contribution is -2.40. The van der Waals surface area contributed by atoms with Gasteiger partial charge in [0.05, 0.1) is 11.0 Å². The van der Waals surface area contributed by atoms with Crippen LogP contribution in [0.3, 0.4) is 0 Å². The van der Waals surface area contributed by atoms with E-state index in [1.807, 2.05) is 5.38 Å². The van der Waals surface area contributed by atoms with Crippen molar-refractivity contribution in [2.45, 2.75) is 25.9 Å². The summed E-state index contributed by atoms with van der Waals surface area (Å²) in [6, 6.07) is 15.2. The maximum atomic E-state index is 12.8. The van der Waals surface area contributed by atoms with Crippen molar-refractivity contribution in [1.29, 1.82) is 0 Å². The smallest absolute Gasteiger partial charge is 0.273 e. The molecule has 2 aromatic carbocycles. The third-order valence-electron chi connectivity index (χ3n) is 5.73. The number of nitro groups is 1. The molecule has 0 saturated heterocycles. The molecule has 4 rings (SSSR count). The number of fused-ring (bicyclic) bond motifs is 1. The van der Waals surface area contributed by atoms with E-state index in [4.69, 9.17) is 0 Å². The first kappa shape index (κ1) is 20.3. The molecule has 0 saturated carbocycles. The molecule has 154 valence electrons. The molecular weight excluding hydrogens is 398 g/mol. The van der Waals surface area contributed by atoms with Crippen molar-refractivity contribution in [3.8, 4) is 0 Å². The van der Waals surface area contributed by atoms with E-state index in [-0.39, 0.29) is 17.6 Å². The number of rotatable bonds is 6. The second-order valence-corrected chi connectivity index (χ2v) is 8.26. The number of carbonyl (C=O) groups is 1. The van der Waals surface area contributed by atoms with Crippen molar-refractivity contribution in [2.24, 2.45) is 0 Å². The minimum atomic E-state index is -0.453. The Hall–Kier alpha value is -3.03. The molecule has 1 atom stereocenters. The minimum Gasteiger partial charge on any atom is -0.350 e. The van der Waals surface area contributed by atoms with Gasteiger partial charge in [-0.25, -0.2) is 0 Å². The highest BCUT2D eigenvalue weighted by Crippen LogP contribution is 2.29. The number of nitrogens with one attached hydrogen (secondary N) is 1. The monoisotopic (exact) mass is 421 g/mol. The summed E-state index contributed by atoms with van der Waals surface area (Å²) in [5, 5.41) is 18.4. The van der Waals surface area contributed by atoms with E-state index in [1.54, 1.807) is 30.4 Å². The fourth-order valence-electron chi connectivity index (χ4n) is 4.06. The van der Waals surface area contributed by atoms with Gasteiger partial charge in [-0.15, -0.1) is 0 Å². The van der Waals surface area contributed by atoms with Crippen LogP contribution in [0.5, 0.6) is 0 Å². The van der Waals surface area contributed by atoms with Crippen LogP contribution in [0.1, 0.15) is 38.7 Å². The van der Waals surface area contributed by atoms with Gasteiger partial charge in [-0.3, -0.25) is 19.8 Å². The van der Waals surface area contributed by atoms with Gasteiger partial charge in [0.2, 0.25) is 0 Å². The Morgan fingerprint density at radius 1 is 1.20 bits per heavy atom. The van der Waals surface area contributed by atoms with Crippen molar-refractivity contribution in [3.05, 3.63) is 97.2 Å². The van der Waals surface area contributed by atoms with E-state index in [0.717, 1.165) is 19.5 Å². The van der Waals surface area contributed by atoms with Crippen molar-refractivity contribution in [3.63, 3.8) is 0 Å². The fourth-order valence-corrected chi connectivity index (χ4v) is 4.76. The summed E-state index contributed by atoms with van der Waals surface area (Å²) in [7, 11) is 0. The van der Waals surface area contributed by atoms with Crippen LogP contribution in [-0.4, -0.2) is 28.8 Å². The number of nitrogens with zero attached hydrogens (tertiary/aromatic N) is 2. The lowest BCUT2D eigenvalue weighted by Gasteiger charge is -2.35. The van der Waals surface area contributed by atoms with E-state index in [2.05, 4.69) is 45.9 Å². The molecule has 1 unspecified atom stereocenters. The zero-order chi connectivity index (χ0) is 21.1. The van der Waals surface area contributed by atoms with Gasteiger partial charge in [0.1, 0.15) is 0 Å². The Morgan fingerprint density at radius 3 is 2.73 bits per heavy atom. The SMILES string of the molecule is Cc1c(C(=O)NCC(c2ccsc2)N2CCc3ccccc3C2)cccc1[N+](=O)[O-]. The van der Waals surface area contributed by atoms with E-state index in [1.165, 1.54) is 22.8 Å². The maximum Gasteiger partial charge on any atom is 0.273 e. The lowest BCUT2D eigenvalue weighted by atomic mass is 9.97. The van der Waals surface area contributed by atoms with Gasteiger partial charge in [0.15, 0.2) is 0 Å². The van der Waals surface area contributed by atoms with Gasteiger partial charge in [-0.05, 0) is 52.9 Å². The summed E-state index contributed by atoms with van der Waals surface area (Å²) in [6.45, 7) is 3.82. The van der Waals surface area contributed by atoms with Crippen molar-refractivity contribution in [1.82, 2.24) is 10.2 Å². The number of nitro benzene ring substituents is 1. The number of amides is 1. The number of thiophene rings is 1. The number of hydrogen-bond donors (Lipinski definition) is 1. The van der Waals surface area contributed by atoms with E-state index < -0.39 is 4.92 Å². The maximum absolute atomic E-state index is 12.8. The summed E-state index contributed by atoms with van der Waals surface area (Å²) in [4.78, 5) is 26.0. The fraction of sp³-hybridized carbons (Fsp3) is 0.261. The minimum absolute atomic E-state index is 0.0373. The number of benzene rings is 2. The normalized spacial score (nSPS) is 14.7. The first-order valence-electron chi connectivity index (χ1n) is 9.89. The average Bonchev–Trinajstić information content (AvgIpc) is 3.28. The van der Waals surface area contributed by atoms with Crippen LogP contribution < -0.4 is 5.32 Å². The quantitative estimate of drug-likeness (QED) is 0.470. The highest BCUT2D eigenvalue weighted by atomic mass is 32.1. The highest BCUT2D eigenvalue weighted by Gasteiger charge is 2.26. The summed E-state index contributed by atoms with van der Waals surface area (Å²) in [6.07, 6.45) is 0.981. The van der Waals surface area contributed by atoms with Crippen molar-refractivity contribution < 1.29 is 9.72 Å². The molecule has 1 aliphatic rings. The molecule has 1 amide bonds. The Kier molecular flexibility index (Phi) is 5.92. The van der Waals surface area contributed by atoms with Crippen LogP contribution in [0.15, 0.2) is 59.3 Å². The van der Waals surface area contributed by atoms with Crippen molar-refractivity contribution >= 4 is 22.9 Å². The molecule has 0 aliphatic carbocycles. The van der Waals surface area contributed by atoms with E-state index >= 15 is 0 Å². The second kappa shape index (κ2) is 8.77. The van der Waals surface area contributed by atoms with Crippen LogP contribution in [-0.2, 0) is 13.0 Å². The molecule has 0 bridgehead atoms. The van der Waals surface area contributed by atoms with Gasteiger partial charge in [-0.1, -0.05) is 30.3 Å². The zero-order valence-corrected chi connectivity index (χ0v) is 17.5. The summed E-state index contributed by atoms with van der Waals surface area (Å²) >= 11 is 1.64. The van der Waals surface area contributed by atoms with Gasteiger partial charge >= 0.3 is 0 Å². The molecule has 3 aromatic rings. The molecule has 6 nitrogen and oxygen atoms in total. The third kappa shape index (κ3) is 4.13. The molecule has 0 radical (unpaired) electrons. The largest absolute Gasteiger partial charge is 0.350 e. The average molecular weight is 422 g/mol. The predicted molar refractivity (Wildman–Crippen MR) is 118 cm³/mol. The molecule has 1 aliphatic heterocycles. The summed E-state index contributed by atoms with van der Waals surface area (Å²) < 4.78 is 0. The molecular formula is C23H23N3O3S. The summed E-state index contributed by atoms with van der Waals surface area (Å²) in [5.74, 6) is -0.283. The zero-order valence-electron chi connectivity index (χ0n) is 16.7. The van der Waals surface area contributed by atoms with Crippen molar-refractivity contribution in [2.75, 3.05) is 13.1 Å². The Labute approximate surface area is 179 Å². The van der Waals surface area contributed by atoms with Gasteiger partial charge < -0.3 is 5.32 Å². The Morgan fingerprint density at radius 2 is 2.00 bits per heavy atom. The van der Waals surface area contributed by atoms with Gasteiger partial charge in [0, 0.05) is 36.8 Å². The number of carbonyl (C=O) groups excluding carboxylic acids is 1. The van der Waals surface area contributed by atoms with Crippen LogP contribution >= 0.6 is 11.3 Å². The molecule has 1 N–H and O–H groups in total. The summed E-state index contributed by atoms with van der Waals surface area (Å²) in [5.41, 5.74) is 4.58. The molecule has 2 heterocycles.